The normalized spacial score (nSPS) is 19.6. The van der Waals surface area contributed by atoms with Crippen molar-refractivity contribution in [2.75, 3.05) is 18.6 Å². The smallest absolute Gasteiger partial charge is 0.301 e. The highest BCUT2D eigenvalue weighted by Gasteiger charge is 2.48. The molecule has 1 saturated heterocycles. The Morgan fingerprint density at radius 1 is 1.10 bits per heavy atom. The number of ether oxygens (including phenoxy) is 3. The van der Waals surface area contributed by atoms with E-state index in [1.807, 2.05) is 56.3 Å². The van der Waals surface area contributed by atoms with E-state index >= 15 is 0 Å². The molecular formula is C31H28N2O6S. The molecule has 8 nitrogen and oxygen atoms in total. The summed E-state index contributed by atoms with van der Waals surface area (Å²) in [6.07, 6.45) is 1.60. The zero-order valence-corrected chi connectivity index (χ0v) is 23.2. The number of thiazole rings is 1. The molecule has 1 N–H and O–H groups in total. The third kappa shape index (κ3) is 4.46. The number of anilines is 1. The molecule has 0 spiro atoms. The molecule has 1 amide bonds. The number of nitrogens with zero attached hydrogens (tertiary/aromatic N) is 2. The number of aromatic nitrogens is 1. The molecule has 0 radical (unpaired) electrons. The van der Waals surface area contributed by atoms with Crippen molar-refractivity contribution >= 4 is 44.1 Å². The quantitative estimate of drug-likeness (QED) is 0.168. The van der Waals surface area contributed by atoms with Crippen LogP contribution in [0.3, 0.4) is 0 Å². The van der Waals surface area contributed by atoms with E-state index in [1.165, 1.54) is 16.2 Å². The highest BCUT2D eigenvalue weighted by molar-refractivity contribution is 7.22. The molecule has 4 aromatic rings. The first-order chi connectivity index (χ1) is 19.4. The van der Waals surface area contributed by atoms with Crippen LogP contribution < -0.4 is 19.1 Å². The minimum atomic E-state index is -0.883. The average Bonchev–Trinajstić information content (AvgIpc) is 3.63. The Bertz CT molecular complexity index is 1660. The van der Waals surface area contributed by atoms with Crippen LogP contribution in [0.15, 0.2) is 66.2 Å². The van der Waals surface area contributed by atoms with Gasteiger partial charge in [-0.05, 0) is 73.0 Å². The number of hydrogen-bond donors (Lipinski definition) is 1. The molecule has 2 aliphatic rings. The molecule has 1 aromatic heterocycles. The minimum Gasteiger partial charge on any atom is -0.507 e. The van der Waals surface area contributed by atoms with Crippen LogP contribution in [0.5, 0.6) is 17.2 Å². The molecule has 40 heavy (non-hydrogen) atoms. The fourth-order valence-electron chi connectivity index (χ4n) is 5.16. The first-order valence-electron chi connectivity index (χ1n) is 13.2. The Balaban J connectivity index is 1.49. The average molecular weight is 557 g/mol. The monoisotopic (exact) mass is 556 g/mol. The van der Waals surface area contributed by atoms with Gasteiger partial charge >= 0.3 is 5.91 Å². The summed E-state index contributed by atoms with van der Waals surface area (Å²) in [5.74, 6) is 0.356. The van der Waals surface area contributed by atoms with Gasteiger partial charge in [-0.25, -0.2) is 4.98 Å². The van der Waals surface area contributed by atoms with Gasteiger partial charge in [0.05, 0.1) is 35.5 Å². The molecule has 2 aliphatic heterocycles. The lowest BCUT2D eigenvalue weighted by Crippen LogP contribution is -2.29. The van der Waals surface area contributed by atoms with Gasteiger partial charge in [-0.2, -0.15) is 0 Å². The lowest BCUT2D eigenvalue weighted by molar-refractivity contribution is -0.132. The zero-order chi connectivity index (χ0) is 28.0. The summed E-state index contributed by atoms with van der Waals surface area (Å²) >= 11 is 1.28. The van der Waals surface area contributed by atoms with E-state index in [4.69, 9.17) is 14.2 Å². The Morgan fingerprint density at radius 3 is 2.62 bits per heavy atom. The van der Waals surface area contributed by atoms with Gasteiger partial charge < -0.3 is 19.3 Å². The van der Waals surface area contributed by atoms with Gasteiger partial charge in [0, 0.05) is 12.0 Å². The summed E-state index contributed by atoms with van der Waals surface area (Å²) in [6.45, 7) is 4.58. The third-order valence-corrected chi connectivity index (χ3v) is 8.09. The summed E-state index contributed by atoms with van der Waals surface area (Å²) in [7, 11) is 1.58. The summed E-state index contributed by atoms with van der Waals surface area (Å²) in [6, 6.07) is 17.1. The van der Waals surface area contributed by atoms with Crippen LogP contribution in [0.25, 0.3) is 16.0 Å². The van der Waals surface area contributed by atoms with Gasteiger partial charge in [0.2, 0.25) is 0 Å². The summed E-state index contributed by atoms with van der Waals surface area (Å²) < 4.78 is 17.7. The van der Waals surface area contributed by atoms with Crippen molar-refractivity contribution < 1.29 is 28.9 Å². The standard InChI is InChI=1S/C31H28N2O6S/c1-4-13-38-21-8-5-18(6-9-21)27-26(28(34)19-7-12-24-20(15-19)14-17(2)39-24)29(35)30(36)33(27)31-32-23-11-10-22(37-3)16-25(23)40-31/h5-12,15-17,27,34H,4,13-14H2,1-3H3/t17-,27-/m1/s1. The molecule has 0 saturated carbocycles. The minimum absolute atomic E-state index is 0.0102. The number of hydrogen-bond acceptors (Lipinski definition) is 8. The molecule has 3 heterocycles. The van der Waals surface area contributed by atoms with Crippen LogP contribution in [0.1, 0.15) is 43.0 Å². The van der Waals surface area contributed by atoms with Crippen molar-refractivity contribution in [3.8, 4) is 17.2 Å². The van der Waals surface area contributed by atoms with Crippen molar-refractivity contribution in [1.29, 1.82) is 0 Å². The van der Waals surface area contributed by atoms with Crippen LogP contribution in [0.2, 0.25) is 0 Å². The lowest BCUT2D eigenvalue weighted by atomic mass is 9.94. The zero-order valence-electron chi connectivity index (χ0n) is 22.3. The van der Waals surface area contributed by atoms with Crippen molar-refractivity contribution in [2.24, 2.45) is 0 Å². The number of carbonyl (C=O) groups is 2. The summed E-state index contributed by atoms with van der Waals surface area (Å²) in [5.41, 5.74) is 2.74. The van der Waals surface area contributed by atoms with Gasteiger partial charge in [-0.3, -0.25) is 14.5 Å². The second-order valence-electron chi connectivity index (χ2n) is 9.87. The predicted octanol–water partition coefficient (Wildman–Crippen LogP) is 6.04. The molecule has 9 heteroatoms. The molecule has 0 aliphatic carbocycles. The number of aliphatic hydroxyl groups excluding tert-OH is 1. The number of ketones is 1. The SMILES string of the molecule is CCCOc1ccc([C@@H]2C(=C(O)c3ccc4c(c3)C[C@@H](C)O4)C(=O)C(=O)N2c2nc3ccc(OC)cc3s2)cc1. The van der Waals surface area contributed by atoms with Gasteiger partial charge in [0.25, 0.3) is 5.78 Å². The number of Topliss-reactive ketones (excluding diaryl/α,β-unsaturated/α-hetero) is 1. The van der Waals surface area contributed by atoms with Crippen molar-refractivity contribution in [1.82, 2.24) is 4.98 Å². The largest absolute Gasteiger partial charge is 0.507 e. The van der Waals surface area contributed by atoms with Crippen LogP contribution in [-0.4, -0.2) is 41.6 Å². The van der Waals surface area contributed by atoms with E-state index in [9.17, 15) is 14.7 Å². The van der Waals surface area contributed by atoms with Crippen LogP contribution in [-0.2, 0) is 16.0 Å². The lowest BCUT2D eigenvalue weighted by Gasteiger charge is -2.23. The fourth-order valence-corrected chi connectivity index (χ4v) is 6.18. The Labute approximate surface area is 235 Å². The van der Waals surface area contributed by atoms with E-state index in [0.717, 1.165) is 22.4 Å². The van der Waals surface area contributed by atoms with E-state index in [1.54, 1.807) is 25.3 Å². The predicted molar refractivity (Wildman–Crippen MR) is 153 cm³/mol. The maximum absolute atomic E-state index is 13.6. The molecule has 1 fully saturated rings. The first-order valence-corrected chi connectivity index (χ1v) is 14.0. The van der Waals surface area contributed by atoms with E-state index in [0.29, 0.717) is 46.3 Å². The number of carbonyl (C=O) groups excluding carboxylic acids is 2. The maximum Gasteiger partial charge on any atom is 0.301 e. The first kappa shape index (κ1) is 25.9. The molecule has 0 bridgehead atoms. The van der Waals surface area contributed by atoms with Crippen LogP contribution in [0, 0.1) is 0 Å². The van der Waals surface area contributed by atoms with E-state index in [-0.39, 0.29) is 17.4 Å². The Hall–Kier alpha value is -4.37. The van der Waals surface area contributed by atoms with Gasteiger partial charge in [-0.1, -0.05) is 30.4 Å². The number of benzene rings is 3. The molecule has 3 aromatic carbocycles. The molecular weight excluding hydrogens is 528 g/mol. The summed E-state index contributed by atoms with van der Waals surface area (Å²) in [5, 5.41) is 11.9. The summed E-state index contributed by atoms with van der Waals surface area (Å²) in [4.78, 5) is 33.3. The molecule has 2 atom stereocenters. The molecule has 6 rings (SSSR count). The number of fused-ring (bicyclic) bond motifs is 2. The van der Waals surface area contributed by atoms with Gasteiger partial charge in [-0.15, -0.1) is 0 Å². The maximum atomic E-state index is 13.6. The highest BCUT2D eigenvalue weighted by atomic mass is 32.1. The topological polar surface area (TPSA) is 98.2 Å². The molecule has 204 valence electrons. The van der Waals surface area contributed by atoms with Crippen LogP contribution in [0.4, 0.5) is 5.13 Å². The van der Waals surface area contributed by atoms with E-state index in [2.05, 4.69) is 4.98 Å². The Morgan fingerprint density at radius 2 is 1.88 bits per heavy atom. The Kier molecular flexibility index (Phi) is 6.67. The second-order valence-corrected chi connectivity index (χ2v) is 10.9. The number of amides is 1. The highest BCUT2D eigenvalue weighted by Crippen LogP contribution is 2.45. The van der Waals surface area contributed by atoms with Crippen molar-refractivity contribution in [2.45, 2.75) is 38.8 Å². The van der Waals surface area contributed by atoms with Gasteiger partial charge in [0.15, 0.2) is 5.13 Å². The number of rotatable bonds is 7. The number of methoxy groups -OCH3 is 1. The molecule has 0 unspecified atom stereocenters. The fraction of sp³-hybridized carbons (Fsp3) is 0.258. The second kappa shape index (κ2) is 10.3. The van der Waals surface area contributed by atoms with Crippen LogP contribution >= 0.6 is 11.3 Å². The number of aliphatic hydroxyl groups is 1. The van der Waals surface area contributed by atoms with Crippen molar-refractivity contribution in [3.05, 3.63) is 82.9 Å². The van der Waals surface area contributed by atoms with E-state index < -0.39 is 17.7 Å². The van der Waals surface area contributed by atoms with Crippen molar-refractivity contribution in [3.63, 3.8) is 0 Å². The van der Waals surface area contributed by atoms with Gasteiger partial charge in [0.1, 0.15) is 29.1 Å². The third-order valence-electron chi connectivity index (χ3n) is 7.07.